The highest BCUT2D eigenvalue weighted by Gasteiger charge is 2.44. The number of esters is 2. The Morgan fingerprint density at radius 2 is 1.21 bits per heavy atom. The SMILES string of the molecule is COC(=O)/C=C/C[C@H](NC(=O)C(c1ccccc1)(c1ccccc1)c1ccccc1)C(=O)OC. The van der Waals surface area contributed by atoms with E-state index in [1.165, 1.54) is 26.4 Å². The van der Waals surface area contributed by atoms with Crippen LogP contribution < -0.4 is 5.32 Å². The number of hydrogen-bond acceptors (Lipinski definition) is 5. The van der Waals surface area contributed by atoms with Crippen molar-refractivity contribution in [2.75, 3.05) is 14.2 Å². The first-order valence-corrected chi connectivity index (χ1v) is 10.8. The quantitative estimate of drug-likeness (QED) is 0.300. The van der Waals surface area contributed by atoms with Crippen molar-refractivity contribution in [1.29, 1.82) is 0 Å². The Labute approximate surface area is 199 Å². The van der Waals surface area contributed by atoms with Gasteiger partial charge in [0, 0.05) is 6.08 Å². The van der Waals surface area contributed by atoms with Crippen LogP contribution in [0.25, 0.3) is 0 Å². The van der Waals surface area contributed by atoms with Gasteiger partial charge in [0.25, 0.3) is 0 Å². The molecule has 0 unspecified atom stereocenters. The zero-order valence-electron chi connectivity index (χ0n) is 19.1. The summed E-state index contributed by atoms with van der Waals surface area (Å²) in [5.74, 6) is -1.56. The topological polar surface area (TPSA) is 81.7 Å². The highest BCUT2D eigenvalue weighted by atomic mass is 16.5. The zero-order valence-corrected chi connectivity index (χ0v) is 19.1. The van der Waals surface area contributed by atoms with Crippen LogP contribution in [0, 0.1) is 0 Å². The van der Waals surface area contributed by atoms with Gasteiger partial charge in [-0.15, -0.1) is 0 Å². The van der Waals surface area contributed by atoms with E-state index < -0.39 is 29.3 Å². The molecule has 34 heavy (non-hydrogen) atoms. The predicted octanol–water partition coefficient (Wildman–Crippen LogP) is 3.80. The molecule has 6 heteroatoms. The third kappa shape index (κ3) is 5.23. The lowest BCUT2D eigenvalue weighted by molar-refractivity contribution is -0.145. The molecule has 0 aliphatic rings. The number of benzene rings is 3. The maximum atomic E-state index is 14.2. The first-order valence-electron chi connectivity index (χ1n) is 10.8. The molecule has 0 saturated carbocycles. The lowest BCUT2D eigenvalue weighted by Gasteiger charge is -2.35. The van der Waals surface area contributed by atoms with Crippen LogP contribution in [0.3, 0.4) is 0 Å². The van der Waals surface area contributed by atoms with Gasteiger partial charge in [0.05, 0.1) is 14.2 Å². The Balaban J connectivity index is 2.14. The third-order valence-electron chi connectivity index (χ3n) is 5.58. The maximum Gasteiger partial charge on any atom is 0.330 e. The Hall–Kier alpha value is -4.19. The molecule has 1 amide bonds. The van der Waals surface area contributed by atoms with Crippen molar-refractivity contribution in [3.8, 4) is 0 Å². The summed E-state index contributed by atoms with van der Waals surface area (Å²) in [5, 5.41) is 2.88. The van der Waals surface area contributed by atoms with Crippen molar-refractivity contribution in [2.45, 2.75) is 17.9 Å². The summed E-state index contributed by atoms with van der Waals surface area (Å²) in [6.07, 6.45) is 2.74. The normalized spacial score (nSPS) is 12.1. The van der Waals surface area contributed by atoms with Gasteiger partial charge in [-0.3, -0.25) is 4.79 Å². The smallest absolute Gasteiger partial charge is 0.330 e. The van der Waals surface area contributed by atoms with Gasteiger partial charge in [-0.05, 0) is 23.1 Å². The van der Waals surface area contributed by atoms with Crippen molar-refractivity contribution >= 4 is 17.8 Å². The van der Waals surface area contributed by atoms with Crippen LogP contribution in [0.5, 0.6) is 0 Å². The third-order valence-corrected chi connectivity index (χ3v) is 5.58. The minimum atomic E-state index is -1.23. The van der Waals surface area contributed by atoms with E-state index in [1.54, 1.807) is 0 Å². The molecule has 6 nitrogen and oxygen atoms in total. The van der Waals surface area contributed by atoms with Gasteiger partial charge < -0.3 is 14.8 Å². The largest absolute Gasteiger partial charge is 0.467 e. The van der Waals surface area contributed by atoms with E-state index in [0.29, 0.717) is 0 Å². The van der Waals surface area contributed by atoms with Crippen LogP contribution in [0.1, 0.15) is 23.1 Å². The number of carbonyl (C=O) groups excluding carboxylic acids is 3. The lowest BCUT2D eigenvalue weighted by Crippen LogP contribution is -2.52. The summed E-state index contributed by atoms with van der Waals surface area (Å²) in [6, 6.07) is 27.3. The summed E-state index contributed by atoms with van der Waals surface area (Å²) in [6.45, 7) is 0. The summed E-state index contributed by atoms with van der Waals surface area (Å²) in [7, 11) is 2.52. The Morgan fingerprint density at radius 3 is 1.59 bits per heavy atom. The van der Waals surface area contributed by atoms with E-state index in [2.05, 4.69) is 10.1 Å². The summed E-state index contributed by atoms with van der Waals surface area (Å²) < 4.78 is 9.52. The van der Waals surface area contributed by atoms with Crippen molar-refractivity contribution in [3.05, 3.63) is 120 Å². The molecule has 0 fully saturated rings. The molecule has 1 N–H and O–H groups in total. The predicted molar refractivity (Wildman–Crippen MR) is 129 cm³/mol. The van der Waals surface area contributed by atoms with E-state index in [4.69, 9.17) is 4.74 Å². The number of ether oxygens (including phenoxy) is 2. The molecule has 3 rings (SSSR count). The van der Waals surface area contributed by atoms with Crippen molar-refractivity contribution in [3.63, 3.8) is 0 Å². The fraction of sp³-hybridized carbons (Fsp3) is 0.179. The van der Waals surface area contributed by atoms with Gasteiger partial charge >= 0.3 is 11.9 Å². The van der Waals surface area contributed by atoms with Gasteiger partial charge in [0.1, 0.15) is 11.5 Å². The molecule has 0 aromatic heterocycles. The average Bonchev–Trinajstić information content (AvgIpc) is 2.90. The number of nitrogens with one attached hydrogen (secondary N) is 1. The van der Waals surface area contributed by atoms with Crippen LogP contribution >= 0.6 is 0 Å². The second-order valence-electron chi connectivity index (χ2n) is 7.56. The van der Waals surface area contributed by atoms with Crippen LogP contribution in [-0.2, 0) is 29.3 Å². The fourth-order valence-corrected chi connectivity index (χ4v) is 3.95. The molecule has 0 radical (unpaired) electrons. The molecule has 3 aromatic rings. The molecular formula is C28H27NO5. The van der Waals surface area contributed by atoms with Crippen LogP contribution in [0.4, 0.5) is 0 Å². The minimum Gasteiger partial charge on any atom is -0.467 e. The van der Waals surface area contributed by atoms with Gasteiger partial charge in [0.2, 0.25) is 5.91 Å². The maximum absolute atomic E-state index is 14.2. The second kappa shape index (κ2) is 11.6. The highest BCUT2D eigenvalue weighted by Crippen LogP contribution is 2.39. The summed E-state index contributed by atoms with van der Waals surface area (Å²) in [4.78, 5) is 38.2. The number of hydrogen-bond donors (Lipinski definition) is 1. The van der Waals surface area contributed by atoms with Crippen molar-refractivity contribution < 1.29 is 23.9 Å². The van der Waals surface area contributed by atoms with Crippen LogP contribution in [0.2, 0.25) is 0 Å². The molecule has 0 heterocycles. The van der Waals surface area contributed by atoms with Gasteiger partial charge in [0.15, 0.2) is 0 Å². The number of amides is 1. The van der Waals surface area contributed by atoms with E-state index in [-0.39, 0.29) is 6.42 Å². The Morgan fingerprint density at radius 1 is 0.765 bits per heavy atom. The summed E-state index contributed by atoms with van der Waals surface area (Å²) in [5.41, 5.74) is 1.01. The molecule has 3 aromatic carbocycles. The zero-order chi connectivity index (χ0) is 24.4. The molecule has 0 aliphatic carbocycles. The van der Waals surface area contributed by atoms with Crippen LogP contribution in [-0.4, -0.2) is 38.1 Å². The van der Waals surface area contributed by atoms with Crippen molar-refractivity contribution in [1.82, 2.24) is 5.32 Å². The molecular weight excluding hydrogens is 430 g/mol. The van der Waals surface area contributed by atoms with E-state index in [0.717, 1.165) is 16.7 Å². The minimum absolute atomic E-state index is 0.0575. The standard InChI is InChI=1S/C28H27NO5/c1-33-25(30)20-12-19-24(26(31)34-2)29-27(32)28(21-13-6-3-7-14-21,22-15-8-4-9-16-22)23-17-10-5-11-18-23/h3-18,20,24H,19H2,1-2H3,(H,29,32)/b20-12+/t24-/m0/s1. The molecule has 174 valence electrons. The van der Waals surface area contributed by atoms with Crippen LogP contribution in [0.15, 0.2) is 103 Å². The van der Waals surface area contributed by atoms with Gasteiger partial charge in [-0.1, -0.05) is 97.1 Å². The van der Waals surface area contributed by atoms with E-state index >= 15 is 0 Å². The van der Waals surface area contributed by atoms with E-state index in [9.17, 15) is 14.4 Å². The molecule has 1 atom stereocenters. The Kier molecular flexibility index (Phi) is 8.35. The molecule has 0 spiro atoms. The van der Waals surface area contributed by atoms with Gasteiger partial charge in [-0.2, -0.15) is 0 Å². The monoisotopic (exact) mass is 457 g/mol. The van der Waals surface area contributed by atoms with Crippen molar-refractivity contribution in [2.24, 2.45) is 0 Å². The second-order valence-corrected chi connectivity index (χ2v) is 7.56. The Bertz CT molecular complexity index is 1030. The highest BCUT2D eigenvalue weighted by molar-refractivity contribution is 5.98. The first-order chi connectivity index (χ1) is 16.5. The summed E-state index contributed by atoms with van der Waals surface area (Å²) >= 11 is 0. The molecule has 0 bridgehead atoms. The first kappa shape index (κ1) is 24.5. The molecule has 0 aliphatic heterocycles. The number of carbonyl (C=O) groups is 3. The van der Waals surface area contributed by atoms with Gasteiger partial charge in [-0.25, -0.2) is 9.59 Å². The number of methoxy groups -OCH3 is 2. The lowest BCUT2D eigenvalue weighted by atomic mass is 9.68. The fourth-order valence-electron chi connectivity index (χ4n) is 3.95. The van der Waals surface area contributed by atoms with E-state index in [1.807, 2.05) is 91.0 Å². The average molecular weight is 458 g/mol. The number of rotatable bonds is 9. The molecule has 0 saturated heterocycles.